The van der Waals surface area contributed by atoms with Crippen LogP contribution in [0.5, 0.6) is 0 Å². The number of amides is 2. The Kier molecular flexibility index (Phi) is 5.55. The van der Waals surface area contributed by atoms with Crippen LogP contribution >= 0.6 is 11.6 Å². The van der Waals surface area contributed by atoms with Crippen LogP contribution in [0.25, 0.3) is 0 Å². The molecule has 0 saturated carbocycles. The second-order valence-electron chi connectivity index (χ2n) is 4.96. The number of benzene rings is 2. The smallest absolute Gasteiger partial charge is 0.340 e. The van der Waals surface area contributed by atoms with Crippen LogP contribution in [0.2, 0.25) is 5.02 Å². The summed E-state index contributed by atoms with van der Waals surface area (Å²) >= 11 is 5.91. The molecule has 0 aliphatic carbocycles. The minimum atomic E-state index is -1.02. The third-order valence-corrected chi connectivity index (χ3v) is 3.51. The monoisotopic (exact) mass is 346 g/mol. The molecular formula is C17H15ClN2O4. The highest BCUT2D eigenvalue weighted by atomic mass is 35.5. The minimum absolute atomic E-state index is 0.185. The quantitative estimate of drug-likeness (QED) is 0.813. The Morgan fingerprint density at radius 1 is 1.08 bits per heavy atom. The molecule has 2 amide bonds. The number of hydrogen-bond acceptors (Lipinski definition) is 4. The maximum Gasteiger partial charge on any atom is 0.340 e. The van der Waals surface area contributed by atoms with E-state index in [1.54, 1.807) is 18.2 Å². The first kappa shape index (κ1) is 17.5. The summed E-state index contributed by atoms with van der Waals surface area (Å²) in [5, 5.41) is 2.83. The lowest BCUT2D eigenvalue weighted by Crippen LogP contribution is -2.30. The topological polar surface area (TPSA) is 98.5 Å². The number of esters is 1. The number of hydrogen-bond donors (Lipinski definition) is 2. The third-order valence-electron chi connectivity index (χ3n) is 3.18. The maximum absolute atomic E-state index is 12.1. The van der Waals surface area contributed by atoms with E-state index in [0.717, 1.165) is 0 Å². The highest BCUT2D eigenvalue weighted by molar-refractivity contribution is 6.33. The van der Waals surface area contributed by atoms with Gasteiger partial charge in [0.15, 0.2) is 6.10 Å². The van der Waals surface area contributed by atoms with E-state index >= 15 is 0 Å². The van der Waals surface area contributed by atoms with Crippen molar-refractivity contribution in [2.75, 3.05) is 5.32 Å². The average Bonchev–Trinajstić information content (AvgIpc) is 2.55. The van der Waals surface area contributed by atoms with Gasteiger partial charge in [-0.1, -0.05) is 23.7 Å². The van der Waals surface area contributed by atoms with Crippen LogP contribution in [0.3, 0.4) is 0 Å². The number of nitrogens with two attached hydrogens (primary N) is 1. The molecule has 0 saturated heterocycles. The number of halogens is 1. The molecule has 2 rings (SSSR count). The van der Waals surface area contributed by atoms with Crippen molar-refractivity contribution in [2.24, 2.45) is 5.73 Å². The largest absolute Gasteiger partial charge is 0.449 e. The van der Waals surface area contributed by atoms with Crippen molar-refractivity contribution in [2.45, 2.75) is 13.0 Å². The first-order chi connectivity index (χ1) is 11.4. The molecule has 0 bridgehead atoms. The van der Waals surface area contributed by atoms with Crippen LogP contribution in [-0.4, -0.2) is 23.9 Å². The van der Waals surface area contributed by atoms with E-state index in [-0.39, 0.29) is 10.6 Å². The Morgan fingerprint density at radius 3 is 2.29 bits per heavy atom. The van der Waals surface area contributed by atoms with Crippen molar-refractivity contribution < 1.29 is 19.1 Å². The van der Waals surface area contributed by atoms with Crippen molar-refractivity contribution in [3.63, 3.8) is 0 Å². The second-order valence-corrected chi connectivity index (χ2v) is 5.37. The number of rotatable bonds is 5. The van der Waals surface area contributed by atoms with Crippen LogP contribution in [0.1, 0.15) is 27.6 Å². The zero-order valence-electron chi connectivity index (χ0n) is 12.8. The first-order valence-electron chi connectivity index (χ1n) is 7.04. The van der Waals surface area contributed by atoms with Crippen molar-refractivity contribution in [1.29, 1.82) is 0 Å². The Bertz CT molecular complexity index is 774. The van der Waals surface area contributed by atoms with Crippen LogP contribution in [0.15, 0.2) is 48.5 Å². The molecule has 124 valence electrons. The van der Waals surface area contributed by atoms with Crippen molar-refractivity contribution in [3.05, 3.63) is 64.7 Å². The summed E-state index contributed by atoms with van der Waals surface area (Å²) in [4.78, 5) is 35.1. The Hall–Kier alpha value is -2.86. The number of ether oxygens (including phenoxy) is 1. The van der Waals surface area contributed by atoms with Gasteiger partial charge in [0, 0.05) is 11.3 Å². The normalized spacial score (nSPS) is 11.4. The van der Waals surface area contributed by atoms with E-state index in [1.165, 1.54) is 37.3 Å². The van der Waals surface area contributed by atoms with Gasteiger partial charge in [-0.15, -0.1) is 0 Å². The Labute approximate surface area is 143 Å². The predicted octanol–water partition coefficient (Wildman–Crippen LogP) is 2.62. The molecule has 0 radical (unpaired) electrons. The molecule has 0 fully saturated rings. The molecule has 7 heteroatoms. The number of carbonyl (C=O) groups is 3. The van der Waals surface area contributed by atoms with Crippen molar-refractivity contribution >= 4 is 35.1 Å². The molecule has 0 spiro atoms. The standard InChI is InChI=1S/C17H15ClN2O4/c1-10(24-17(23)13-4-2-3-5-14(13)18)16(22)20-12-8-6-11(7-9-12)15(19)21/h2-10H,1H3,(H2,19,21)(H,20,22)/t10-/m1/s1. The molecule has 0 aromatic heterocycles. The van der Waals surface area contributed by atoms with E-state index in [4.69, 9.17) is 22.1 Å². The number of nitrogens with one attached hydrogen (secondary N) is 1. The second kappa shape index (κ2) is 7.61. The fourth-order valence-corrected chi connectivity index (χ4v) is 2.08. The van der Waals surface area contributed by atoms with Crippen LogP contribution < -0.4 is 11.1 Å². The van der Waals surface area contributed by atoms with Crippen molar-refractivity contribution in [3.8, 4) is 0 Å². The summed E-state index contributed by atoms with van der Waals surface area (Å²) in [6.45, 7) is 1.45. The number of carbonyl (C=O) groups excluding carboxylic acids is 3. The van der Waals surface area contributed by atoms with Gasteiger partial charge < -0.3 is 15.8 Å². The molecule has 0 heterocycles. The molecule has 1 atom stereocenters. The zero-order chi connectivity index (χ0) is 17.7. The molecule has 2 aromatic rings. The lowest BCUT2D eigenvalue weighted by atomic mass is 10.2. The lowest BCUT2D eigenvalue weighted by Gasteiger charge is -2.14. The minimum Gasteiger partial charge on any atom is -0.449 e. The van der Waals surface area contributed by atoms with Gasteiger partial charge in [0.1, 0.15) is 0 Å². The highest BCUT2D eigenvalue weighted by Crippen LogP contribution is 2.17. The molecule has 24 heavy (non-hydrogen) atoms. The Balaban J connectivity index is 1.98. The summed E-state index contributed by atoms with van der Waals surface area (Å²) in [6, 6.07) is 12.4. The van der Waals surface area contributed by atoms with Crippen molar-refractivity contribution in [1.82, 2.24) is 0 Å². The van der Waals surface area contributed by atoms with Gasteiger partial charge in [-0.3, -0.25) is 9.59 Å². The van der Waals surface area contributed by atoms with Crippen LogP contribution in [0, 0.1) is 0 Å². The average molecular weight is 347 g/mol. The fraction of sp³-hybridized carbons (Fsp3) is 0.118. The Morgan fingerprint density at radius 2 is 1.71 bits per heavy atom. The van der Waals surface area contributed by atoms with Gasteiger partial charge in [0.2, 0.25) is 5.91 Å². The maximum atomic E-state index is 12.1. The molecule has 2 aromatic carbocycles. The molecule has 0 unspecified atom stereocenters. The number of primary amides is 1. The summed E-state index contributed by atoms with van der Waals surface area (Å²) in [5.74, 6) is -1.76. The van der Waals surface area contributed by atoms with Gasteiger partial charge in [0.25, 0.3) is 5.91 Å². The summed E-state index contributed by atoms with van der Waals surface area (Å²) in [7, 11) is 0. The zero-order valence-corrected chi connectivity index (χ0v) is 13.5. The fourth-order valence-electron chi connectivity index (χ4n) is 1.87. The van der Waals surface area contributed by atoms with E-state index in [2.05, 4.69) is 5.32 Å². The lowest BCUT2D eigenvalue weighted by molar-refractivity contribution is -0.123. The molecule has 0 aliphatic heterocycles. The van der Waals surface area contributed by atoms with Gasteiger partial charge in [-0.25, -0.2) is 4.79 Å². The van der Waals surface area contributed by atoms with Gasteiger partial charge >= 0.3 is 5.97 Å². The molecule has 3 N–H and O–H groups in total. The summed E-state index contributed by atoms with van der Waals surface area (Å²) < 4.78 is 5.10. The van der Waals surface area contributed by atoms with E-state index in [1.807, 2.05) is 0 Å². The first-order valence-corrected chi connectivity index (χ1v) is 7.42. The predicted molar refractivity (Wildman–Crippen MR) is 89.9 cm³/mol. The molecule has 0 aliphatic rings. The van der Waals surface area contributed by atoms with Gasteiger partial charge in [0.05, 0.1) is 10.6 Å². The van der Waals surface area contributed by atoms with Crippen LogP contribution in [0.4, 0.5) is 5.69 Å². The molecular weight excluding hydrogens is 332 g/mol. The third kappa shape index (κ3) is 4.33. The highest BCUT2D eigenvalue weighted by Gasteiger charge is 2.20. The van der Waals surface area contributed by atoms with Gasteiger partial charge in [-0.2, -0.15) is 0 Å². The van der Waals surface area contributed by atoms with E-state index < -0.39 is 23.9 Å². The van der Waals surface area contributed by atoms with Gasteiger partial charge in [-0.05, 0) is 43.3 Å². The molecule has 6 nitrogen and oxygen atoms in total. The van der Waals surface area contributed by atoms with Crippen LogP contribution in [-0.2, 0) is 9.53 Å². The summed E-state index contributed by atoms with van der Waals surface area (Å²) in [5.41, 5.74) is 6.10. The number of anilines is 1. The SMILES string of the molecule is C[C@@H](OC(=O)c1ccccc1Cl)C(=O)Nc1ccc(C(N)=O)cc1. The van der Waals surface area contributed by atoms with E-state index in [0.29, 0.717) is 11.3 Å². The van der Waals surface area contributed by atoms with E-state index in [9.17, 15) is 14.4 Å². The summed E-state index contributed by atoms with van der Waals surface area (Å²) in [6.07, 6.45) is -1.02.